The fraction of sp³-hybridized carbons (Fsp3) is 0.345. The minimum Gasteiger partial charge on any atom is -0.390 e. The highest BCUT2D eigenvalue weighted by Gasteiger charge is 2.29. The molecule has 0 bridgehead atoms. The highest BCUT2D eigenvalue weighted by Crippen LogP contribution is 2.34. The quantitative estimate of drug-likeness (QED) is 0.317. The molecule has 3 amide bonds. The Bertz CT molecular complexity index is 1300. The van der Waals surface area contributed by atoms with Crippen LogP contribution in [0.15, 0.2) is 71.6 Å². The first-order chi connectivity index (χ1) is 18.4. The van der Waals surface area contributed by atoms with E-state index in [0.29, 0.717) is 12.2 Å². The maximum Gasteiger partial charge on any atom is 0.243 e. The average Bonchev–Trinajstić information content (AvgIpc) is 3.09. The summed E-state index contributed by atoms with van der Waals surface area (Å²) in [6, 6.07) is 20.7. The van der Waals surface area contributed by atoms with Gasteiger partial charge >= 0.3 is 0 Å². The van der Waals surface area contributed by atoms with Crippen LogP contribution in [0.3, 0.4) is 0 Å². The van der Waals surface area contributed by atoms with Crippen molar-refractivity contribution in [3.8, 4) is 0 Å². The Morgan fingerprint density at radius 3 is 2.58 bits per heavy atom. The van der Waals surface area contributed by atoms with Crippen LogP contribution in [0, 0.1) is 5.92 Å². The Hall–Kier alpha value is -3.40. The van der Waals surface area contributed by atoms with Crippen molar-refractivity contribution < 1.29 is 19.5 Å². The van der Waals surface area contributed by atoms with Crippen LogP contribution in [0.2, 0.25) is 0 Å². The number of aliphatic hydroxyl groups excluding tert-OH is 1. The van der Waals surface area contributed by atoms with Crippen LogP contribution in [0.25, 0.3) is 10.8 Å². The third kappa shape index (κ3) is 6.92. The maximum atomic E-state index is 13.3. The largest absolute Gasteiger partial charge is 0.390 e. The second-order valence-electron chi connectivity index (χ2n) is 9.55. The topological polar surface area (TPSA) is 125 Å². The molecule has 0 fully saturated rings. The molecule has 38 heavy (non-hydrogen) atoms. The molecule has 9 heteroatoms. The van der Waals surface area contributed by atoms with Crippen LogP contribution in [0.4, 0.5) is 5.69 Å². The van der Waals surface area contributed by atoms with Gasteiger partial charge in [0.15, 0.2) is 0 Å². The first-order valence-electron chi connectivity index (χ1n) is 12.8. The molecular weight excluding hydrogens is 500 g/mol. The van der Waals surface area contributed by atoms with Crippen LogP contribution >= 0.6 is 11.8 Å². The van der Waals surface area contributed by atoms with Crippen LogP contribution in [0.5, 0.6) is 0 Å². The molecule has 1 aliphatic rings. The average molecular weight is 535 g/mol. The molecule has 3 atom stereocenters. The van der Waals surface area contributed by atoms with E-state index in [1.807, 2.05) is 66.7 Å². The summed E-state index contributed by atoms with van der Waals surface area (Å²) in [5.41, 5.74) is 7.17. The molecule has 3 aromatic carbocycles. The second kappa shape index (κ2) is 12.9. The van der Waals surface area contributed by atoms with E-state index < -0.39 is 24.0 Å². The van der Waals surface area contributed by atoms with Crippen molar-refractivity contribution in [1.29, 1.82) is 0 Å². The molecule has 0 radical (unpaired) electrons. The lowest BCUT2D eigenvalue weighted by Gasteiger charge is -2.27. The molecule has 0 saturated carbocycles. The van der Waals surface area contributed by atoms with E-state index in [2.05, 4.69) is 10.6 Å². The first kappa shape index (κ1) is 27.6. The van der Waals surface area contributed by atoms with Gasteiger partial charge in [0.05, 0.1) is 17.7 Å². The summed E-state index contributed by atoms with van der Waals surface area (Å²) in [6.45, 7) is 1.97. The Balaban J connectivity index is 1.50. The number of amides is 3. The van der Waals surface area contributed by atoms with E-state index in [-0.39, 0.29) is 37.9 Å². The minimum atomic E-state index is -0.873. The van der Waals surface area contributed by atoms with E-state index in [4.69, 9.17) is 5.73 Å². The summed E-state index contributed by atoms with van der Waals surface area (Å²) < 4.78 is 0. The van der Waals surface area contributed by atoms with Gasteiger partial charge in [0, 0.05) is 43.1 Å². The Morgan fingerprint density at radius 1 is 1.05 bits per heavy atom. The number of nitrogens with one attached hydrogen (secondary N) is 2. The van der Waals surface area contributed by atoms with Gasteiger partial charge in [-0.1, -0.05) is 61.5 Å². The predicted octanol–water partition coefficient (Wildman–Crippen LogP) is 2.47. The number of carbonyl (C=O) groups is 3. The number of thioether (sulfide) groups is 1. The molecule has 0 spiro atoms. The lowest BCUT2D eigenvalue weighted by Crippen LogP contribution is -2.52. The zero-order valence-corrected chi connectivity index (χ0v) is 22.2. The smallest absolute Gasteiger partial charge is 0.243 e. The van der Waals surface area contributed by atoms with Crippen LogP contribution < -0.4 is 21.3 Å². The Kier molecular flexibility index (Phi) is 9.38. The third-order valence-corrected chi connectivity index (χ3v) is 7.67. The van der Waals surface area contributed by atoms with E-state index in [0.717, 1.165) is 26.9 Å². The number of aliphatic hydroxyl groups is 1. The molecule has 1 aliphatic heterocycles. The number of carbonyl (C=O) groups excluding carboxylic acids is 3. The molecule has 5 N–H and O–H groups in total. The molecule has 0 saturated heterocycles. The number of nitrogens with zero attached hydrogens (tertiary/aromatic N) is 1. The van der Waals surface area contributed by atoms with Gasteiger partial charge < -0.3 is 26.4 Å². The zero-order valence-electron chi connectivity index (χ0n) is 21.4. The van der Waals surface area contributed by atoms with E-state index in [9.17, 15) is 19.5 Å². The van der Waals surface area contributed by atoms with Crippen molar-refractivity contribution in [2.24, 2.45) is 11.7 Å². The number of para-hydroxylation sites is 1. The summed E-state index contributed by atoms with van der Waals surface area (Å²) in [4.78, 5) is 42.0. The van der Waals surface area contributed by atoms with Gasteiger partial charge in [0.2, 0.25) is 17.7 Å². The summed E-state index contributed by atoms with van der Waals surface area (Å²) in [5.74, 6) is -0.624. The molecule has 0 aromatic heterocycles. The van der Waals surface area contributed by atoms with Gasteiger partial charge in [-0.2, -0.15) is 0 Å². The number of rotatable bonds is 10. The summed E-state index contributed by atoms with van der Waals surface area (Å²) in [7, 11) is 0. The standard InChI is InChI=1S/C29H34N4O4S/c1-19(18-33-25-8-4-5-9-26(25)38-13-12-27(33)35)28(36)32-24(29(37)31-17-23(34)16-30)15-20-10-11-21-6-2-3-7-22(21)14-20/h2-11,14,19,23-24,34H,12-13,15-18,30H2,1H3,(H,31,37)(H,32,36)/t19?,23?,24-/m1/s1. The molecule has 2 unspecified atom stereocenters. The van der Waals surface area contributed by atoms with E-state index >= 15 is 0 Å². The molecular formula is C29H34N4O4S. The molecule has 1 heterocycles. The van der Waals surface area contributed by atoms with Crippen molar-refractivity contribution in [3.63, 3.8) is 0 Å². The molecule has 8 nitrogen and oxygen atoms in total. The molecule has 4 rings (SSSR count). The third-order valence-electron chi connectivity index (χ3n) is 6.61. The number of nitrogens with two attached hydrogens (primary N) is 1. The molecule has 200 valence electrons. The monoisotopic (exact) mass is 534 g/mol. The van der Waals surface area contributed by atoms with Crippen LogP contribution in [-0.2, 0) is 20.8 Å². The summed E-state index contributed by atoms with van der Waals surface area (Å²) >= 11 is 1.63. The maximum absolute atomic E-state index is 13.3. The fourth-order valence-electron chi connectivity index (χ4n) is 4.43. The van der Waals surface area contributed by atoms with E-state index in [1.54, 1.807) is 23.6 Å². The second-order valence-corrected chi connectivity index (χ2v) is 10.7. The van der Waals surface area contributed by atoms with Crippen molar-refractivity contribution in [3.05, 3.63) is 72.3 Å². The van der Waals surface area contributed by atoms with Gasteiger partial charge in [-0.15, -0.1) is 11.8 Å². The first-order valence-corrected chi connectivity index (χ1v) is 13.8. The van der Waals surface area contributed by atoms with Gasteiger partial charge in [0.25, 0.3) is 0 Å². The predicted molar refractivity (Wildman–Crippen MR) is 151 cm³/mol. The number of hydrogen-bond donors (Lipinski definition) is 4. The Morgan fingerprint density at radius 2 is 1.79 bits per heavy atom. The van der Waals surface area contributed by atoms with E-state index in [1.165, 1.54) is 0 Å². The van der Waals surface area contributed by atoms with Gasteiger partial charge in [-0.05, 0) is 28.5 Å². The van der Waals surface area contributed by atoms with Crippen LogP contribution in [-0.4, -0.2) is 60.4 Å². The van der Waals surface area contributed by atoms with Gasteiger partial charge in [0.1, 0.15) is 6.04 Å². The van der Waals surface area contributed by atoms with Gasteiger partial charge in [-0.25, -0.2) is 0 Å². The minimum absolute atomic E-state index is 0.00823. The number of anilines is 1. The van der Waals surface area contributed by atoms with Crippen molar-refractivity contribution in [2.45, 2.75) is 36.8 Å². The number of fused-ring (bicyclic) bond motifs is 2. The summed E-state index contributed by atoms with van der Waals surface area (Å²) in [5, 5.41) is 17.5. The van der Waals surface area contributed by atoms with Crippen molar-refractivity contribution in [1.82, 2.24) is 10.6 Å². The Labute approximate surface area is 227 Å². The highest BCUT2D eigenvalue weighted by molar-refractivity contribution is 7.99. The zero-order chi connectivity index (χ0) is 27.1. The van der Waals surface area contributed by atoms with Crippen LogP contribution in [0.1, 0.15) is 18.9 Å². The van der Waals surface area contributed by atoms with Gasteiger partial charge in [-0.3, -0.25) is 14.4 Å². The van der Waals surface area contributed by atoms with Crippen molar-refractivity contribution >= 4 is 45.9 Å². The normalized spacial score (nSPS) is 15.8. The van der Waals surface area contributed by atoms with Crippen molar-refractivity contribution in [2.75, 3.05) is 30.3 Å². The highest BCUT2D eigenvalue weighted by atomic mass is 32.2. The number of benzene rings is 3. The molecule has 3 aromatic rings. The molecule has 0 aliphatic carbocycles. The fourth-order valence-corrected chi connectivity index (χ4v) is 5.42. The SMILES string of the molecule is CC(CN1C(=O)CCSc2ccccc21)C(=O)N[C@H](Cc1ccc2ccccc2c1)C(=O)NCC(O)CN. The lowest BCUT2D eigenvalue weighted by atomic mass is 10.00. The number of hydrogen-bond acceptors (Lipinski definition) is 6. The lowest BCUT2D eigenvalue weighted by molar-refractivity contribution is -0.131. The summed E-state index contributed by atoms with van der Waals surface area (Å²) in [6.07, 6.45) is -0.206.